The fourth-order valence-electron chi connectivity index (χ4n) is 4.00. The minimum atomic E-state index is -3.15. The van der Waals surface area contributed by atoms with Gasteiger partial charge in [0.2, 0.25) is 10.0 Å². The number of rotatable bonds is 6. The zero-order valence-electron chi connectivity index (χ0n) is 17.4. The van der Waals surface area contributed by atoms with Crippen molar-refractivity contribution in [1.82, 2.24) is 14.2 Å². The van der Waals surface area contributed by atoms with Crippen LogP contribution in [0.5, 0.6) is 5.19 Å². The van der Waals surface area contributed by atoms with Gasteiger partial charge in [-0.25, -0.2) is 13.4 Å². The van der Waals surface area contributed by atoms with Gasteiger partial charge in [-0.2, -0.15) is 4.31 Å². The number of benzene rings is 1. The Kier molecular flexibility index (Phi) is 7.19. The highest BCUT2D eigenvalue weighted by Crippen LogP contribution is 2.33. The first-order chi connectivity index (χ1) is 14.9. The Hall–Kier alpha value is -1.24. The van der Waals surface area contributed by atoms with Crippen LogP contribution in [0.25, 0.3) is 15.8 Å². The molecule has 0 spiro atoms. The number of piperidine rings is 1. The number of sulfonamides is 1. The number of carbonyl (C=O) groups excluding carboxylic acids is 1. The maximum Gasteiger partial charge on any atom is 0.283 e. The van der Waals surface area contributed by atoms with Gasteiger partial charge in [-0.05, 0) is 36.1 Å². The van der Waals surface area contributed by atoms with Gasteiger partial charge in [0, 0.05) is 61.6 Å². The molecule has 1 saturated heterocycles. The van der Waals surface area contributed by atoms with Crippen LogP contribution >= 0.6 is 33.9 Å². The average molecular weight is 575 g/mol. The van der Waals surface area contributed by atoms with Crippen LogP contribution in [0.2, 0.25) is 0 Å². The van der Waals surface area contributed by atoms with Gasteiger partial charge in [-0.15, -0.1) is 0 Å². The number of hydrogen-bond acceptors (Lipinski definition) is 6. The van der Waals surface area contributed by atoms with Crippen LogP contribution in [0, 0.1) is 0 Å². The van der Waals surface area contributed by atoms with Crippen molar-refractivity contribution in [3.05, 3.63) is 29.8 Å². The van der Waals surface area contributed by atoms with E-state index in [1.54, 1.807) is 4.31 Å². The van der Waals surface area contributed by atoms with Gasteiger partial charge in [0.1, 0.15) is 6.10 Å². The zero-order chi connectivity index (χ0) is 22.0. The van der Waals surface area contributed by atoms with Crippen molar-refractivity contribution in [2.45, 2.75) is 38.7 Å². The first-order valence-corrected chi connectivity index (χ1v) is 14.0. The second kappa shape index (κ2) is 9.72. The Bertz CT molecular complexity index is 1090. The van der Waals surface area contributed by atoms with Crippen LogP contribution in [-0.4, -0.2) is 64.6 Å². The molecule has 168 valence electrons. The summed E-state index contributed by atoms with van der Waals surface area (Å²) < 4.78 is 33.4. The van der Waals surface area contributed by atoms with E-state index in [0.29, 0.717) is 31.1 Å². The molecule has 0 radical (unpaired) electrons. The van der Waals surface area contributed by atoms with Gasteiger partial charge in [-0.1, -0.05) is 30.4 Å². The molecule has 2 aliphatic heterocycles. The van der Waals surface area contributed by atoms with Crippen molar-refractivity contribution in [2.24, 2.45) is 0 Å². The number of nitrogens with zero attached hydrogens (tertiary/aromatic N) is 3. The van der Waals surface area contributed by atoms with Gasteiger partial charge in [0.15, 0.2) is 0 Å². The fourth-order valence-corrected chi connectivity index (χ4v) is 6.85. The van der Waals surface area contributed by atoms with Crippen LogP contribution in [0.1, 0.15) is 38.2 Å². The predicted molar refractivity (Wildman–Crippen MR) is 133 cm³/mol. The SMILES string of the molecule is CCCS(=O)(=O)N1CC=C(c2ccc3nc(OC4CCN(C(=O)I)CC4)sc3c2)CC1. The lowest BCUT2D eigenvalue weighted by atomic mass is 10.0. The van der Waals surface area contributed by atoms with Crippen molar-refractivity contribution in [2.75, 3.05) is 31.9 Å². The third-order valence-electron chi connectivity index (χ3n) is 5.73. The highest BCUT2D eigenvalue weighted by molar-refractivity contribution is 14.1. The summed E-state index contributed by atoms with van der Waals surface area (Å²) in [6.45, 7) is 4.30. The number of hydrogen-bond donors (Lipinski definition) is 0. The standard InChI is InChI=1S/C21H26IN3O4S2/c1-2-13-31(27,28)25-11-5-15(6-12-25)16-3-4-18-19(14-16)30-21(23-18)29-17-7-9-24(10-8-17)20(22)26/h3-5,14,17H,2,6-13H2,1H3. The second-order valence-corrected chi connectivity index (χ2v) is 11.9. The molecule has 0 N–H and O–H groups in total. The van der Waals surface area contributed by atoms with E-state index >= 15 is 0 Å². The summed E-state index contributed by atoms with van der Waals surface area (Å²) >= 11 is 3.37. The van der Waals surface area contributed by atoms with Gasteiger partial charge in [-0.3, -0.25) is 4.79 Å². The molecule has 1 aromatic carbocycles. The molecule has 0 aliphatic carbocycles. The van der Waals surface area contributed by atoms with Crippen molar-refractivity contribution >= 4 is 63.7 Å². The third kappa shape index (κ3) is 5.40. The smallest absolute Gasteiger partial charge is 0.283 e. The first-order valence-electron chi connectivity index (χ1n) is 10.5. The van der Waals surface area contributed by atoms with E-state index in [0.717, 1.165) is 41.7 Å². The molecule has 1 aromatic heterocycles. The number of halogens is 1. The molecule has 0 atom stereocenters. The molecule has 0 saturated carbocycles. The maximum absolute atomic E-state index is 12.3. The Morgan fingerprint density at radius 1 is 1.29 bits per heavy atom. The van der Waals surface area contributed by atoms with Crippen molar-refractivity contribution in [3.63, 3.8) is 0 Å². The van der Waals surface area contributed by atoms with Gasteiger partial charge in [0.25, 0.3) is 9.11 Å². The highest BCUT2D eigenvalue weighted by Gasteiger charge is 2.25. The number of amides is 1. The molecule has 2 aromatic rings. The highest BCUT2D eigenvalue weighted by atomic mass is 127. The molecule has 31 heavy (non-hydrogen) atoms. The van der Waals surface area contributed by atoms with E-state index in [1.807, 2.05) is 46.6 Å². The summed E-state index contributed by atoms with van der Waals surface area (Å²) in [7, 11) is -3.15. The molecule has 1 fully saturated rings. The second-order valence-electron chi connectivity index (χ2n) is 7.87. The van der Waals surface area contributed by atoms with Crippen LogP contribution in [0.3, 0.4) is 0 Å². The van der Waals surface area contributed by atoms with Gasteiger partial charge in [0.05, 0.1) is 16.0 Å². The molecule has 2 aliphatic rings. The van der Waals surface area contributed by atoms with Crippen LogP contribution in [0.15, 0.2) is 24.3 Å². The summed E-state index contributed by atoms with van der Waals surface area (Å²) in [5.74, 6) is 0.208. The number of aromatic nitrogens is 1. The van der Waals surface area contributed by atoms with Crippen molar-refractivity contribution in [3.8, 4) is 5.19 Å². The van der Waals surface area contributed by atoms with E-state index < -0.39 is 10.0 Å². The van der Waals surface area contributed by atoms with E-state index in [2.05, 4.69) is 17.1 Å². The zero-order valence-corrected chi connectivity index (χ0v) is 21.2. The van der Waals surface area contributed by atoms with Gasteiger partial charge >= 0.3 is 0 Å². The topological polar surface area (TPSA) is 79.8 Å². The Morgan fingerprint density at radius 2 is 2.06 bits per heavy atom. The number of likely N-dealkylation sites (tertiary alicyclic amines) is 1. The summed E-state index contributed by atoms with van der Waals surface area (Å²) in [4.78, 5) is 17.9. The molecular formula is C21H26IN3O4S2. The summed E-state index contributed by atoms with van der Waals surface area (Å²) in [6, 6.07) is 6.18. The Balaban J connectivity index is 1.43. The molecule has 10 heteroatoms. The van der Waals surface area contributed by atoms with E-state index in [-0.39, 0.29) is 15.8 Å². The minimum Gasteiger partial charge on any atom is -0.467 e. The van der Waals surface area contributed by atoms with Crippen molar-refractivity contribution < 1.29 is 17.9 Å². The molecule has 3 heterocycles. The van der Waals surface area contributed by atoms with E-state index in [1.165, 1.54) is 16.9 Å². The lowest BCUT2D eigenvalue weighted by Gasteiger charge is -2.30. The average Bonchev–Trinajstić information content (AvgIpc) is 3.15. The summed E-state index contributed by atoms with van der Waals surface area (Å²) in [5.41, 5.74) is 3.20. The van der Waals surface area contributed by atoms with E-state index in [9.17, 15) is 13.2 Å². The third-order valence-corrected chi connectivity index (χ3v) is 9.36. The van der Waals surface area contributed by atoms with Crippen LogP contribution in [-0.2, 0) is 10.0 Å². The lowest BCUT2D eigenvalue weighted by Crippen LogP contribution is -2.39. The lowest BCUT2D eigenvalue weighted by molar-refractivity contribution is 0.120. The number of ether oxygens (including phenoxy) is 1. The molecule has 7 nitrogen and oxygen atoms in total. The summed E-state index contributed by atoms with van der Waals surface area (Å²) in [5, 5.41) is 0.667. The molecule has 4 rings (SSSR count). The summed E-state index contributed by atoms with van der Waals surface area (Å²) in [6.07, 6.45) is 5.10. The van der Waals surface area contributed by atoms with Crippen LogP contribution < -0.4 is 4.74 Å². The predicted octanol–water partition coefficient (Wildman–Crippen LogP) is 4.52. The quantitative estimate of drug-likeness (QED) is 0.288. The van der Waals surface area contributed by atoms with E-state index in [4.69, 9.17) is 4.74 Å². The maximum atomic E-state index is 12.3. The number of carbonyl (C=O) groups is 1. The number of thiazole rings is 1. The molecule has 0 unspecified atom stereocenters. The molecule has 1 amide bonds. The van der Waals surface area contributed by atoms with Crippen molar-refractivity contribution in [1.29, 1.82) is 0 Å². The Labute approximate surface area is 200 Å². The molecular weight excluding hydrogens is 549 g/mol. The normalized spacial score (nSPS) is 18.9. The monoisotopic (exact) mass is 575 g/mol. The largest absolute Gasteiger partial charge is 0.467 e. The molecule has 0 bridgehead atoms. The van der Waals surface area contributed by atoms with Crippen LogP contribution in [0.4, 0.5) is 4.79 Å². The minimum absolute atomic E-state index is 0.0872. The first kappa shape index (κ1) is 22.9. The fraction of sp³-hybridized carbons (Fsp3) is 0.524. The Morgan fingerprint density at radius 3 is 2.71 bits per heavy atom. The number of fused-ring (bicyclic) bond motifs is 1. The van der Waals surface area contributed by atoms with Gasteiger partial charge < -0.3 is 9.64 Å².